The average molecular weight is 438 g/mol. The standard InChI is InChI=1S/C25H19N5OS/c1-14-3-6-23(32-14)18-7-8-27-25-19(18)11-22(28-25)24-20-10-15(4-5-21(20)29-30-24)16-9-17(31-2)13-26-12-16/h3-13H,1-2H3,(H,27,28)(H,29,30). The highest BCUT2D eigenvalue weighted by atomic mass is 32.1. The number of hydrogen-bond donors (Lipinski definition) is 2. The quantitative estimate of drug-likeness (QED) is 0.343. The fourth-order valence-corrected chi connectivity index (χ4v) is 4.94. The first kappa shape index (κ1) is 18.8. The van der Waals surface area contributed by atoms with Gasteiger partial charge in [0.25, 0.3) is 0 Å². The molecule has 0 saturated carbocycles. The Balaban J connectivity index is 1.49. The summed E-state index contributed by atoms with van der Waals surface area (Å²) in [5, 5.41) is 9.89. The zero-order valence-corrected chi connectivity index (χ0v) is 18.3. The Morgan fingerprint density at radius 1 is 0.938 bits per heavy atom. The molecule has 0 saturated heterocycles. The number of hydrogen-bond acceptors (Lipinski definition) is 5. The molecule has 0 radical (unpaired) electrons. The number of pyridine rings is 2. The van der Waals surface area contributed by atoms with E-state index in [-0.39, 0.29) is 0 Å². The molecule has 0 bridgehead atoms. The summed E-state index contributed by atoms with van der Waals surface area (Å²) in [7, 11) is 1.65. The van der Waals surface area contributed by atoms with E-state index in [4.69, 9.17) is 4.74 Å². The third-order valence-electron chi connectivity index (χ3n) is 5.64. The van der Waals surface area contributed by atoms with Crippen LogP contribution in [-0.4, -0.2) is 32.3 Å². The largest absolute Gasteiger partial charge is 0.495 e. The first-order chi connectivity index (χ1) is 15.7. The lowest BCUT2D eigenvalue weighted by molar-refractivity contribution is 0.413. The first-order valence-corrected chi connectivity index (χ1v) is 11.0. The molecule has 32 heavy (non-hydrogen) atoms. The maximum absolute atomic E-state index is 5.33. The average Bonchev–Trinajstić information content (AvgIpc) is 3.55. The number of nitrogens with zero attached hydrogens (tertiary/aromatic N) is 3. The van der Waals surface area contributed by atoms with Gasteiger partial charge in [-0.15, -0.1) is 11.3 Å². The topological polar surface area (TPSA) is 79.5 Å². The molecule has 0 fully saturated rings. The van der Waals surface area contributed by atoms with Crippen molar-refractivity contribution in [3.8, 4) is 38.7 Å². The molecule has 0 spiro atoms. The van der Waals surface area contributed by atoms with Gasteiger partial charge in [0, 0.05) is 44.0 Å². The van der Waals surface area contributed by atoms with Crippen LogP contribution in [0, 0.1) is 6.92 Å². The van der Waals surface area contributed by atoms with Gasteiger partial charge >= 0.3 is 0 Å². The van der Waals surface area contributed by atoms with Crippen LogP contribution in [0.4, 0.5) is 0 Å². The summed E-state index contributed by atoms with van der Waals surface area (Å²) in [6.07, 6.45) is 5.39. The smallest absolute Gasteiger partial charge is 0.138 e. The van der Waals surface area contributed by atoms with Crippen molar-refractivity contribution in [1.82, 2.24) is 25.1 Å². The molecule has 6 nitrogen and oxygen atoms in total. The second kappa shape index (κ2) is 7.32. The zero-order chi connectivity index (χ0) is 21.7. The second-order valence-corrected chi connectivity index (χ2v) is 8.95. The molecule has 0 aliphatic carbocycles. The molecule has 6 rings (SSSR count). The molecule has 0 unspecified atom stereocenters. The molecule has 0 aliphatic heterocycles. The summed E-state index contributed by atoms with van der Waals surface area (Å²) in [6, 6.07) is 16.7. The predicted molar refractivity (Wildman–Crippen MR) is 129 cm³/mol. The number of aryl methyl sites for hydroxylation is 1. The number of aromatic nitrogens is 5. The van der Waals surface area contributed by atoms with Gasteiger partial charge in [-0.05, 0) is 55.0 Å². The minimum atomic E-state index is 0.730. The number of rotatable bonds is 4. The number of benzene rings is 1. The van der Waals surface area contributed by atoms with Crippen molar-refractivity contribution >= 4 is 33.3 Å². The number of methoxy groups -OCH3 is 1. The summed E-state index contributed by atoms with van der Waals surface area (Å²) >= 11 is 1.79. The van der Waals surface area contributed by atoms with Gasteiger partial charge in [0.15, 0.2) is 0 Å². The van der Waals surface area contributed by atoms with E-state index in [1.165, 1.54) is 15.3 Å². The summed E-state index contributed by atoms with van der Waals surface area (Å²) in [5.41, 5.74) is 6.85. The van der Waals surface area contributed by atoms with Gasteiger partial charge < -0.3 is 9.72 Å². The monoisotopic (exact) mass is 437 g/mol. The lowest BCUT2D eigenvalue weighted by atomic mass is 10.0. The van der Waals surface area contributed by atoms with Gasteiger partial charge in [0.05, 0.1) is 24.5 Å². The Labute approximate surface area is 187 Å². The first-order valence-electron chi connectivity index (χ1n) is 10.2. The van der Waals surface area contributed by atoms with Crippen molar-refractivity contribution < 1.29 is 4.74 Å². The van der Waals surface area contributed by atoms with E-state index in [1.54, 1.807) is 24.6 Å². The molecule has 0 atom stereocenters. The lowest BCUT2D eigenvalue weighted by Crippen LogP contribution is -1.86. The Kier molecular flexibility index (Phi) is 4.29. The highest BCUT2D eigenvalue weighted by Crippen LogP contribution is 2.36. The van der Waals surface area contributed by atoms with Crippen LogP contribution >= 0.6 is 11.3 Å². The van der Waals surface area contributed by atoms with E-state index in [0.29, 0.717) is 0 Å². The molecule has 5 heterocycles. The predicted octanol–water partition coefficient (Wildman–Crippen LogP) is 6.21. The number of fused-ring (bicyclic) bond motifs is 2. The van der Waals surface area contributed by atoms with Crippen LogP contribution in [-0.2, 0) is 0 Å². The van der Waals surface area contributed by atoms with E-state index >= 15 is 0 Å². The van der Waals surface area contributed by atoms with E-state index in [0.717, 1.165) is 50.2 Å². The number of ether oxygens (including phenoxy) is 1. The van der Waals surface area contributed by atoms with Crippen molar-refractivity contribution in [1.29, 1.82) is 0 Å². The summed E-state index contributed by atoms with van der Waals surface area (Å²) < 4.78 is 5.33. The number of aromatic amines is 2. The van der Waals surface area contributed by atoms with Gasteiger partial charge in [0.2, 0.25) is 0 Å². The molecule has 1 aromatic carbocycles. The maximum Gasteiger partial charge on any atom is 0.138 e. The molecule has 5 aromatic heterocycles. The minimum absolute atomic E-state index is 0.730. The van der Waals surface area contributed by atoms with Gasteiger partial charge in [-0.25, -0.2) is 4.98 Å². The zero-order valence-electron chi connectivity index (χ0n) is 17.5. The molecular formula is C25H19N5OS. The number of H-pyrrole nitrogens is 2. The van der Waals surface area contributed by atoms with Crippen LogP contribution in [0.2, 0.25) is 0 Å². The molecule has 2 N–H and O–H groups in total. The van der Waals surface area contributed by atoms with E-state index in [1.807, 2.05) is 24.5 Å². The SMILES string of the molecule is COc1cncc(-c2ccc3[nH]nc(-c4cc5c(-c6ccc(C)s6)ccnc5[nH]4)c3c2)c1. The third-order valence-corrected chi connectivity index (χ3v) is 6.67. The Morgan fingerprint density at radius 3 is 2.72 bits per heavy atom. The summed E-state index contributed by atoms with van der Waals surface area (Å²) in [5.74, 6) is 0.730. The maximum atomic E-state index is 5.33. The number of nitrogens with one attached hydrogen (secondary N) is 2. The molecule has 0 aliphatic rings. The number of thiophene rings is 1. The molecule has 6 aromatic rings. The highest BCUT2D eigenvalue weighted by Gasteiger charge is 2.15. The minimum Gasteiger partial charge on any atom is -0.495 e. The van der Waals surface area contributed by atoms with Crippen LogP contribution in [0.25, 0.3) is 54.9 Å². The van der Waals surface area contributed by atoms with Crippen LogP contribution in [0.1, 0.15) is 4.88 Å². The summed E-state index contributed by atoms with van der Waals surface area (Å²) in [6.45, 7) is 2.13. The van der Waals surface area contributed by atoms with E-state index in [2.05, 4.69) is 68.5 Å². The van der Waals surface area contributed by atoms with Crippen LogP contribution in [0.5, 0.6) is 5.75 Å². The Hall–Kier alpha value is -3.97. The van der Waals surface area contributed by atoms with Gasteiger partial charge in [-0.3, -0.25) is 10.1 Å². The fourth-order valence-electron chi connectivity index (χ4n) is 4.04. The summed E-state index contributed by atoms with van der Waals surface area (Å²) in [4.78, 5) is 14.8. The Bertz CT molecular complexity index is 1590. The molecule has 156 valence electrons. The van der Waals surface area contributed by atoms with Crippen molar-refractivity contribution in [2.24, 2.45) is 0 Å². The van der Waals surface area contributed by atoms with Crippen molar-refractivity contribution in [2.45, 2.75) is 6.92 Å². The fraction of sp³-hybridized carbons (Fsp3) is 0.0800. The second-order valence-electron chi connectivity index (χ2n) is 7.66. The Morgan fingerprint density at radius 2 is 1.88 bits per heavy atom. The molecule has 0 amide bonds. The lowest BCUT2D eigenvalue weighted by Gasteiger charge is -2.04. The van der Waals surface area contributed by atoms with E-state index in [9.17, 15) is 0 Å². The normalized spacial score (nSPS) is 11.4. The third kappa shape index (κ3) is 3.06. The van der Waals surface area contributed by atoms with Crippen molar-refractivity contribution in [3.05, 3.63) is 72.0 Å². The van der Waals surface area contributed by atoms with Crippen LogP contribution < -0.4 is 4.74 Å². The highest BCUT2D eigenvalue weighted by molar-refractivity contribution is 7.15. The van der Waals surface area contributed by atoms with Crippen LogP contribution in [0.3, 0.4) is 0 Å². The van der Waals surface area contributed by atoms with Crippen LogP contribution in [0.15, 0.2) is 67.1 Å². The van der Waals surface area contributed by atoms with E-state index < -0.39 is 0 Å². The van der Waals surface area contributed by atoms with Gasteiger partial charge in [-0.2, -0.15) is 5.10 Å². The van der Waals surface area contributed by atoms with Crippen molar-refractivity contribution in [3.63, 3.8) is 0 Å². The van der Waals surface area contributed by atoms with Gasteiger partial charge in [0.1, 0.15) is 17.1 Å². The van der Waals surface area contributed by atoms with Gasteiger partial charge in [-0.1, -0.05) is 6.07 Å². The molecule has 7 heteroatoms. The van der Waals surface area contributed by atoms with Crippen molar-refractivity contribution in [2.75, 3.05) is 7.11 Å². The molecular weight excluding hydrogens is 418 g/mol.